The molecule has 120 valence electrons. The van der Waals surface area contributed by atoms with E-state index in [9.17, 15) is 13.2 Å². The van der Waals surface area contributed by atoms with Crippen LogP contribution < -0.4 is 4.90 Å². The number of anilines is 1. The van der Waals surface area contributed by atoms with Gasteiger partial charge in [-0.15, -0.1) is 0 Å². The Balaban J connectivity index is 1.91. The molecule has 0 saturated heterocycles. The van der Waals surface area contributed by atoms with Gasteiger partial charge in [-0.2, -0.15) is 4.31 Å². The van der Waals surface area contributed by atoms with Crippen LogP contribution in [-0.2, 0) is 21.2 Å². The average molecular weight is 322 g/mol. The van der Waals surface area contributed by atoms with Gasteiger partial charge in [0, 0.05) is 32.2 Å². The molecule has 1 aromatic carbocycles. The van der Waals surface area contributed by atoms with Crippen molar-refractivity contribution in [2.75, 3.05) is 18.5 Å². The molecule has 1 aliphatic carbocycles. The van der Waals surface area contributed by atoms with E-state index in [1.165, 1.54) is 11.2 Å². The summed E-state index contributed by atoms with van der Waals surface area (Å²) in [5.74, 6) is 0.483. The van der Waals surface area contributed by atoms with Gasteiger partial charge in [0.15, 0.2) is 0 Å². The number of benzene rings is 1. The number of hydrogen-bond acceptors (Lipinski definition) is 3. The molecule has 3 rings (SSSR count). The Morgan fingerprint density at radius 1 is 1.36 bits per heavy atom. The first-order chi connectivity index (χ1) is 10.3. The summed E-state index contributed by atoms with van der Waals surface area (Å²) in [6.07, 6.45) is 2.93. The second-order valence-corrected chi connectivity index (χ2v) is 8.31. The minimum atomic E-state index is -3.47. The minimum Gasteiger partial charge on any atom is -0.312 e. The molecule has 0 bridgehead atoms. The molecule has 0 spiro atoms. The highest BCUT2D eigenvalue weighted by atomic mass is 32.2. The van der Waals surface area contributed by atoms with E-state index in [1.807, 2.05) is 6.92 Å². The second kappa shape index (κ2) is 5.35. The van der Waals surface area contributed by atoms with Gasteiger partial charge in [-0.1, -0.05) is 0 Å². The highest BCUT2D eigenvalue weighted by molar-refractivity contribution is 7.89. The minimum absolute atomic E-state index is 0.00571. The normalized spacial score (nSPS) is 19.4. The molecular formula is C16H22N2O3S. The number of amides is 1. The van der Waals surface area contributed by atoms with E-state index in [1.54, 1.807) is 30.1 Å². The third kappa shape index (κ3) is 2.54. The highest BCUT2D eigenvalue weighted by Gasteiger charge is 2.36. The summed E-state index contributed by atoms with van der Waals surface area (Å²) in [6.45, 7) is 4.13. The van der Waals surface area contributed by atoms with E-state index in [0.29, 0.717) is 23.8 Å². The van der Waals surface area contributed by atoms with Gasteiger partial charge in [0.25, 0.3) is 0 Å². The number of nitrogens with zero attached hydrogens (tertiary/aromatic N) is 2. The molecule has 6 heteroatoms. The molecule has 1 aliphatic heterocycles. The molecule has 1 atom stereocenters. The highest BCUT2D eigenvalue weighted by Crippen LogP contribution is 2.37. The maximum absolute atomic E-state index is 12.8. The molecule has 22 heavy (non-hydrogen) atoms. The maximum atomic E-state index is 12.8. The molecule has 1 unspecified atom stereocenters. The van der Waals surface area contributed by atoms with Crippen LogP contribution in [0.25, 0.3) is 0 Å². The third-order valence-corrected chi connectivity index (χ3v) is 6.82. The van der Waals surface area contributed by atoms with E-state index in [0.717, 1.165) is 24.1 Å². The Labute approximate surface area is 132 Å². The molecule has 1 saturated carbocycles. The first-order valence-corrected chi connectivity index (χ1v) is 9.15. The molecule has 0 aromatic heterocycles. The standard InChI is InChI=1S/C16H22N2O3S/c1-11(13-4-5-13)17(3)22(20,21)15-6-7-16-14(10-15)8-9-18(16)12(2)19/h6-7,10-11,13H,4-5,8-9H2,1-3H3. The predicted molar refractivity (Wildman–Crippen MR) is 85.3 cm³/mol. The lowest BCUT2D eigenvalue weighted by Crippen LogP contribution is -2.36. The van der Waals surface area contributed by atoms with Crippen molar-refractivity contribution in [1.29, 1.82) is 0 Å². The van der Waals surface area contributed by atoms with Crippen molar-refractivity contribution in [3.8, 4) is 0 Å². The maximum Gasteiger partial charge on any atom is 0.243 e. The summed E-state index contributed by atoms with van der Waals surface area (Å²) in [7, 11) is -1.81. The Morgan fingerprint density at radius 2 is 2.05 bits per heavy atom. The van der Waals surface area contributed by atoms with Crippen LogP contribution in [0.4, 0.5) is 5.69 Å². The van der Waals surface area contributed by atoms with E-state index in [2.05, 4.69) is 0 Å². The lowest BCUT2D eigenvalue weighted by atomic mass is 10.2. The number of rotatable bonds is 4. The molecule has 5 nitrogen and oxygen atoms in total. The fraction of sp³-hybridized carbons (Fsp3) is 0.562. The van der Waals surface area contributed by atoms with Gasteiger partial charge in [0.05, 0.1) is 4.90 Å². The van der Waals surface area contributed by atoms with Crippen molar-refractivity contribution in [1.82, 2.24) is 4.31 Å². The van der Waals surface area contributed by atoms with Gasteiger partial charge in [-0.25, -0.2) is 8.42 Å². The summed E-state index contributed by atoms with van der Waals surface area (Å²) in [4.78, 5) is 13.6. The number of hydrogen-bond donors (Lipinski definition) is 0. The second-order valence-electron chi connectivity index (χ2n) is 6.31. The molecular weight excluding hydrogens is 300 g/mol. The summed E-state index contributed by atoms with van der Waals surface area (Å²) in [5, 5.41) is 0. The molecule has 1 fully saturated rings. The molecule has 1 aromatic rings. The van der Waals surface area contributed by atoms with Crippen LogP contribution in [0.15, 0.2) is 23.1 Å². The van der Waals surface area contributed by atoms with Crippen molar-refractivity contribution < 1.29 is 13.2 Å². The van der Waals surface area contributed by atoms with Gasteiger partial charge in [-0.05, 0) is 55.9 Å². The van der Waals surface area contributed by atoms with Gasteiger partial charge in [0.2, 0.25) is 15.9 Å². The van der Waals surface area contributed by atoms with Crippen molar-refractivity contribution >= 4 is 21.6 Å². The van der Waals surface area contributed by atoms with Gasteiger partial charge in [-0.3, -0.25) is 4.79 Å². The SMILES string of the molecule is CC(=O)N1CCc2cc(S(=O)(=O)N(C)C(C)C3CC3)ccc21. The molecule has 2 aliphatic rings. The van der Waals surface area contributed by atoms with Crippen LogP contribution >= 0.6 is 0 Å². The van der Waals surface area contributed by atoms with Crippen molar-refractivity contribution in [3.63, 3.8) is 0 Å². The number of carbonyl (C=O) groups excluding carboxylic acids is 1. The zero-order chi connectivity index (χ0) is 16.1. The topological polar surface area (TPSA) is 57.7 Å². The fourth-order valence-electron chi connectivity index (χ4n) is 3.13. The zero-order valence-corrected chi connectivity index (χ0v) is 14.1. The van der Waals surface area contributed by atoms with Gasteiger partial charge < -0.3 is 4.90 Å². The molecule has 0 radical (unpaired) electrons. The van der Waals surface area contributed by atoms with Crippen LogP contribution in [0.3, 0.4) is 0 Å². The smallest absolute Gasteiger partial charge is 0.243 e. The summed E-state index contributed by atoms with van der Waals surface area (Å²) < 4.78 is 27.0. The third-order valence-electron chi connectivity index (χ3n) is 4.88. The molecule has 1 amide bonds. The molecule has 0 N–H and O–H groups in total. The number of carbonyl (C=O) groups is 1. The first kappa shape index (κ1) is 15.5. The van der Waals surface area contributed by atoms with Gasteiger partial charge >= 0.3 is 0 Å². The van der Waals surface area contributed by atoms with Crippen LogP contribution in [0.5, 0.6) is 0 Å². The van der Waals surface area contributed by atoms with E-state index in [-0.39, 0.29) is 11.9 Å². The van der Waals surface area contributed by atoms with E-state index in [4.69, 9.17) is 0 Å². The van der Waals surface area contributed by atoms with E-state index >= 15 is 0 Å². The van der Waals surface area contributed by atoms with Gasteiger partial charge in [0.1, 0.15) is 0 Å². The Hall–Kier alpha value is -1.40. The Morgan fingerprint density at radius 3 is 2.64 bits per heavy atom. The summed E-state index contributed by atoms with van der Waals surface area (Å²) >= 11 is 0. The summed E-state index contributed by atoms with van der Waals surface area (Å²) in [5.41, 5.74) is 1.77. The Kier molecular flexibility index (Phi) is 3.77. The monoisotopic (exact) mass is 322 g/mol. The largest absolute Gasteiger partial charge is 0.312 e. The Bertz CT molecular complexity index is 710. The number of fused-ring (bicyclic) bond motifs is 1. The van der Waals surface area contributed by atoms with Crippen molar-refractivity contribution in [2.24, 2.45) is 5.92 Å². The fourth-order valence-corrected chi connectivity index (χ4v) is 4.60. The van der Waals surface area contributed by atoms with Crippen LogP contribution in [0.1, 0.15) is 32.3 Å². The molecule has 1 heterocycles. The lowest BCUT2D eigenvalue weighted by molar-refractivity contribution is -0.116. The number of sulfonamides is 1. The summed E-state index contributed by atoms with van der Waals surface area (Å²) in [6, 6.07) is 5.13. The van der Waals surface area contributed by atoms with Crippen LogP contribution in [0, 0.1) is 5.92 Å². The van der Waals surface area contributed by atoms with Crippen LogP contribution in [0.2, 0.25) is 0 Å². The quantitative estimate of drug-likeness (QED) is 0.852. The van der Waals surface area contributed by atoms with Crippen LogP contribution in [-0.4, -0.2) is 38.3 Å². The average Bonchev–Trinajstić information content (AvgIpc) is 3.23. The first-order valence-electron chi connectivity index (χ1n) is 7.71. The lowest BCUT2D eigenvalue weighted by Gasteiger charge is -2.24. The van der Waals surface area contributed by atoms with E-state index < -0.39 is 10.0 Å². The van der Waals surface area contributed by atoms with Crippen molar-refractivity contribution in [2.45, 2.75) is 44.0 Å². The predicted octanol–water partition coefficient (Wildman–Crippen LogP) is 2.01. The van der Waals surface area contributed by atoms with Crippen molar-refractivity contribution in [3.05, 3.63) is 23.8 Å². The zero-order valence-electron chi connectivity index (χ0n) is 13.2.